The van der Waals surface area contributed by atoms with Crippen LogP contribution in [0.3, 0.4) is 0 Å². The zero-order chi connectivity index (χ0) is 10.3. The SMILES string of the molecule is Clc1ccc2nc(C3CCNC3)[nH]c2c1. The molecule has 0 radical (unpaired) electrons. The number of imidazole rings is 1. The van der Waals surface area contributed by atoms with Crippen LogP contribution >= 0.6 is 11.6 Å². The molecule has 0 spiro atoms. The number of H-pyrrole nitrogens is 1. The molecular weight excluding hydrogens is 210 g/mol. The van der Waals surface area contributed by atoms with E-state index in [2.05, 4.69) is 15.3 Å². The summed E-state index contributed by atoms with van der Waals surface area (Å²) in [6.07, 6.45) is 1.16. The molecule has 2 heterocycles. The minimum Gasteiger partial charge on any atom is -0.342 e. The summed E-state index contributed by atoms with van der Waals surface area (Å²) in [5.41, 5.74) is 2.03. The fourth-order valence-corrected chi connectivity index (χ4v) is 2.26. The number of halogens is 1. The molecule has 78 valence electrons. The van der Waals surface area contributed by atoms with E-state index in [1.165, 1.54) is 0 Å². The number of fused-ring (bicyclic) bond motifs is 1. The van der Waals surface area contributed by atoms with Gasteiger partial charge in [0.25, 0.3) is 0 Å². The van der Waals surface area contributed by atoms with E-state index in [0.717, 1.165) is 41.4 Å². The van der Waals surface area contributed by atoms with E-state index in [1.807, 2.05) is 18.2 Å². The van der Waals surface area contributed by atoms with E-state index >= 15 is 0 Å². The third kappa shape index (κ3) is 1.62. The number of benzene rings is 1. The number of aromatic nitrogens is 2. The lowest BCUT2D eigenvalue weighted by Crippen LogP contribution is -2.08. The van der Waals surface area contributed by atoms with Crippen LogP contribution in [-0.2, 0) is 0 Å². The molecule has 0 amide bonds. The quantitative estimate of drug-likeness (QED) is 0.776. The monoisotopic (exact) mass is 221 g/mol. The normalized spacial score (nSPS) is 21.3. The summed E-state index contributed by atoms with van der Waals surface area (Å²) in [6.45, 7) is 2.11. The van der Waals surface area contributed by atoms with Gasteiger partial charge in [0.1, 0.15) is 5.82 Å². The smallest absolute Gasteiger partial charge is 0.111 e. The third-order valence-electron chi connectivity index (χ3n) is 2.91. The highest BCUT2D eigenvalue weighted by Crippen LogP contribution is 2.24. The Balaban J connectivity index is 2.05. The number of hydrogen-bond donors (Lipinski definition) is 2. The van der Waals surface area contributed by atoms with Gasteiger partial charge >= 0.3 is 0 Å². The van der Waals surface area contributed by atoms with Gasteiger partial charge in [0.2, 0.25) is 0 Å². The maximum atomic E-state index is 5.93. The van der Waals surface area contributed by atoms with E-state index in [4.69, 9.17) is 11.6 Å². The van der Waals surface area contributed by atoms with E-state index in [-0.39, 0.29) is 0 Å². The zero-order valence-corrected chi connectivity index (χ0v) is 9.01. The van der Waals surface area contributed by atoms with E-state index < -0.39 is 0 Å². The van der Waals surface area contributed by atoms with Gasteiger partial charge in [-0.15, -0.1) is 0 Å². The topological polar surface area (TPSA) is 40.7 Å². The average Bonchev–Trinajstić information content (AvgIpc) is 2.84. The third-order valence-corrected chi connectivity index (χ3v) is 3.14. The number of rotatable bonds is 1. The summed E-state index contributed by atoms with van der Waals surface area (Å²) in [5.74, 6) is 1.61. The van der Waals surface area contributed by atoms with Crippen molar-refractivity contribution in [3.63, 3.8) is 0 Å². The first kappa shape index (κ1) is 9.19. The molecule has 1 aromatic carbocycles. The summed E-state index contributed by atoms with van der Waals surface area (Å²) < 4.78 is 0. The molecule has 2 N–H and O–H groups in total. The first-order valence-electron chi connectivity index (χ1n) is 5.19. The second-order valence-electron chi connectivity index (χ2n) is 3.97. The Morgan fingerprint density at radius 2 is 2.33 bits per heavy atom. The Morgan fingerprint density at radius 1 is 1.40 bits per heavy atom. The van der Waals surface area contributed by atoms with Crippen LogP contribution in [0.25, 0.3) is 11.0 Å². The average molecular weight is 222 g/mol. The van der Waals surface area contributed by atoms with Crippen molar-refractivity contribution < 1.29 is 0 Å². The number of nitrogens with one attached hydrogen (secondary N) is 2. The van der Waals surface area contributed by atoms with Gasteiger partial charge in [-0.05, 0) is 31.2 Å². The van der Waals surface area contributed by atoms with Gasteiger partial charge < -0.3 is 10.3 Å². The Kier molecular flexibility index (Phi) is 2.15. The molecule has 1 aliphatic heterocycles. The second-order valence-corrected chi connectivity index (χ2v) is 4.41. The van der Waals surface area contributed by atoms with Gasteiger partial charge in [0.05, 0.1) is 11.0 Å². The molecule has 3 nitrogen and oxygen atoms in total. The van der Waals surface area contributed by atoms with Gasteiger partial charge in [0, 0.05) is 17.5 Å². The largest absolute Gasteiger partial charge is 0.342 e. The molecule has 1 aromatic heterocycles. The molecule has 1 unspecified atom stereocenters. The molecule has 1 fully saturated rings. The van der Waals surface area contributed by atoms with Crippen LogP contribution in [0.15, 0.2) is 18.2 Å². The Morgan fingerprint density at radius 3 is 3.13 bits per heavy atom. The molecule has 15 heavy (non-hydrogen) atoms. The minimum atomic E-state index is 0.524. The first-order chi connectivity index (χ1) is 7.33. The maximum Gasteiger partial charge on any atom is 0.111 e. The lowest BCUT2D eigenvalue weighted by atomic mass is 10.1. The predicted molar refractivity (Wildman–Crippen MR) is 61.3 cm³/mol. The highest BCUT2D eigenvalue weighted by atomic mass is 35.5. The Hall–Kier alpha value is -1.06. The van der Waals surface area contributed by atoms with Crippen molar-refractivity contribution >= 4 is 22.6 Å². The molecule has 1 saturated heterocycles. The number of hydrogen-bond acceptors (Lipinski definition) is 2. The summed E-state index contributed by atoms with van der Waals surface area (Å²) in [4.78, 5) is 7.92. The van der Waals surface area contributed by atoms with Crippen molar-refractivity contribution in [2.75, 3.05) is 13.1 Å². The van der Waals surface area contributed by atoms with Crippen LogP contribution in [-0.4, -0.2) is 23.1 Å². The fourth-order valence-electron chi connectivity index (χ4n) is 2.08. The van der Waals surface area contributed by atoms with Crippen LogP contribution < -0.4 is 5.32 Å². The molecule has 3 rings (SSSR count). The summed E-state index contributed by atoms with van der Waals surface area (Å²) in [7, 11) is 0. The summed E-state index contributed by atoms with van der Waals surface area (Å²) in [6, 6.07) is 5.76. The fraction of sp³-hybridized carbons (Fsp3) is 0.364. The predicted octanol–water partition coefficient (Wildman–Crippen LogP) is 2.29. The highest BCUT2D eigenvalue weighted by molar-refractivity contribution is 6.31. The van der Waals surface area contributed by atoms with Gasteiger partial charge in [-0.2, -0.15) is 0 Å². The lowest BCUT2D eigenvalue weighted by molar-refractivity contribution is 0.717. The van der Waals surface area contributed by atoms with Crippen molar-refractivity contribution in [1.29, 1.82) is 0 Å². The van der Waals surface area contributed by atoms with Crippen LogP contribution in [0.4, 0.5) is 0 Å². The molecule has 4 heteroatoms. The van der Waals surface area contributed by atoms with Gasteiger partial charge in [-0.3, -0.25) is 0 Å². The van der Waals surface area contributed by atoms with Crippen LogP contribution in [0.1, 0.15) is 18.2 Å². The first-order valence-corrected chi connectivity index (χ1v) is 5.56. The van der Waals surface area contributed by atoms with Crippen molar-refractivity contribution in [3.8, 4) is 0 Å². The van der Waals surface area contributed by atoms with E-state index in [0.29, 0.717) is 5.92 Å². The number of nitrogens with zero attached hydrogens (tertiary/aromatic N) is 1. The minimum absolute atomic E-state index is 0.524. The molecule has 0 aliphatic carbocycles. The van der Waals surface area contributed by atoms with Gasteiger partial charge in [-0.25, -0.2) is 4.98 Å². The van der Waals surface area contributed by atoms with Crippen LogP contribution in [0.2, 0.25) is 5.02 Å². The molecule has 0 saturated carbocycles. The maximum absolute atomic E-state index is 5.93. The molecule has 1 aliphatic rings. The van der Waals surface area contributed by atoms with Crippen molar-refractivity contribution in [2.24, 2.45) is 0 Å². The van der Waals surface area contributed by atoms with E-state index in [1.54, 1.807) is 0 Å². The molecule has 2 aromatic rings. The van der Waals surface area contributed by atoms with E-state index in [9.17, 15) is 0 Å². The second kappa shape index (κ2) is 3.51. The summed E-state index contributed by atoms with van der Waals surface area (Å²) >= 11 is 5.93. The molecular formula is C11H12ClN3. The highest BCUT2D eigenvalue weighted by Gasteiger charge is 2.19. The standard InChI is InChI=1S/C11H12ClN3/c12-8-1-2-9-10(5-8)15-11(14-9)7-3-4-13-6-7/h1-2,5,7,13H,3-4,6H2,(H,14,15). The van der Waals surface area contributed by atoms with Crippen molar-refractivity contribution in [2.45, 2.75) is 12.3 Å². The number of aromatic amines is 1. The van der Waals surface area contributed by atoms with Crippen molar-refractivity contribution in [1.82, 2.24) is 15.3 Å². The van der Waals surface area contributed by atoms with Gasteiger partial charge in [0.15, 0.2) is 0 Å². The zero-order valence-electron chi connectivity index (χ0n) is 8.26. The molecule has 0 bridgehead atoms. The van der Waals surface area contributed by atoms with Gasteiger partial charge in [-0.1, -0.05) is 11.6 Å². The molecule has 1 atom stereocenters. The Bertz CT molecular complexity index is 486. The Labute approximate surface area is 92.8 Å². The summed E-state index contributed by atoms with van der Waals surface area (Å²) in [5, 5.41) is 4.09. The van der Waals surface area contributed by atoms with Crippen LogP contribution in [0, 0.1) is 0 Å². The van der Waals surface area contributed by atoms with Crippen LogP contribution in [0.5, 0.6) is 0 Å². The lowest BCUT2D eigenvalue weighted by Gasteiger charge is -2.01. The van der Waals surface area contributed by atoms with Crippen molar-refractivity contribution in [3.05, 3.63) is 29.0 Å².